The highest BCUT2D eigenvalue weighted by atomic mass is 32.2. The van der Waals surface area contributed by atoms with Crippen molar-refractivity contribution >= 4 is 39.2 Å². The Balaban J connectivity index is 1.61. The molecular weight excluding hydrogens is 542 g/mol. The van der Waals surface area contributed by atoms with Gasteiger partial charge in [0.25, 0.3) is 0 Å². The summed E-state index contributed by atoms with van der Waals surface area (Å²) in [5.41, 5.74) is 2.86. The van der Waals surface area contributed by atoms with E-state index in [0.29, 0.717) is 16.4 Å². The summed E-state index contributed by atoms with van der Waals surface area (Å²) in [5.74, 6) is -2.26. The van der Waals surface area contributed by atoms with Gasteiger partial charge >= 0.3 is 16.3 Å². The highest BCUT2D eigenvalue weighted by Crippen LogP contribution is 2.27. The van der Waals surface area contributed by atoms with Gasteiger partial charge in [0.15, 0.2) is 0 Å². The first-order valence-corrected chi connectivity index (χ1v) is 14.0. The number of carbonyl (C=O) groups is 2. The number of anilines is 1. The van der Waals surface area contributed by atoms with E-state index >= 15 is 0 Å². The monoisotopic (exact) mass is 567 g/mol. The van der Waals surface area contributed by atoms with Gasteiger partial charge in [-0.25, -0.2) is 4.98 Å². The average molecular weight is 568 g/mol. The Labute approximate surface area is 229 Å². The fourth-order valence-electron chi connectivity index (χ4n) is 3.84. The molecule has 0 saturated heterocycles. The third-order valence-electron chi connectivity index (χ3n) is 5.70. The van der Waals surface area contributed by atoms with Crippen molar-refractivity contribution in [2.45, 2.75) is 18.9 Å². The first-order chi connectivity index (χ1) is 18.7. The van der Waals surface area contributed by atoms with Crippen LogP contribution in [0.25, 0.3) is 10.7 Å². The van der Waals surface area contributed by atoms with Crippen molar-refractivity contribution in [2.24, 2.45) is 5.92 Å². The predicted molar refractivity (Wildman–Crippen MR) is 145 cm³/mol. The average Bonchev–Trinajstić information content (AvgIpc) is 3.43. The van der Waals surface area contributed by atoms with E-state index in [1.165, 1.54) is 30.6 Å². The summed E-state index contributed by atoms with van der Waals surface area (Å²) in [6.07, 6.45) is 5.14. The van der Waals surface area contributed by atoms with Crippen molar-refractivity contribution in [2.75, 3.05) is 11.8 Å². The van der Waals surface area contributed by atoms with Crippen molar-refractivity contribution in [3.05, 3.63) is 95.4 Å². The van der Waals surface area contributed by atoms with E-state index in [1.807, 2.05) is 35.1 Å². The minimum Gasteiger partial charge on any atom is -0.468 e. The van der Waals surface area contributed by atoms with Crippen LogP contribution in [-0.4, -0.2) is 46.9 Å². The van der Waals surface area contributed by atoms with Crippen LogP contribution in [0.15, 0.2) is 78.6 Å². The maximum absolute atomic E-state index is 13.4. The van der Waals surface area contributed by atoms with Gasteiger partial charge in [-0.1, -0.05) is 42.5 Å². The molecule has 4 rings (SSSR count). The Hall–Kier alpha value is -4.20. The second kappa shape index (κ2) is 12.6. The number of nitrogens with zero attached hydrogens (tertiary/aromatic N) is 3. The summed E-state index contributed by atoms with van der Waals surface area (Å²) in [6, 6.07) is 14.8. The van der Waals surface area contributed by atoms with Crippen LogP contribution in [0.3, 0.4) is 0 Å². The van der Waals surface area contributed by atoms with Gasteiger partial charge in [-0.3, -0.25) is 28.8 Å². The molecule has 202 valence electrons. The number of ether oxygens (including phenoxy) is 1. The van der Waals surface area contributed by atoms with Crippen LogP contribution >= 0.6 is 11.3 Å². The third-order valence-corrected chi connectivity index (χ3v) is 7.08. The normalized spacial score (nSPS) is 12.8. The predicted octanol–water partition coefficient (Wildman–Crippen LogP) is 3.25. The van der Waals surface area contributed by atoms with Gasteiger partial charge < -0.3 is 10.1 Å². The summed E-state index contributed by atoms with van der Waals surface area (Å²) >= 11 is 1.34. The molecule has 0 aliphatic rings. The zero-order chi connectivity index (χ0) is 27.8. The fourth-order valence-corrected chi connectivity index (χ4v) is 5.11. The molecule has 0 saturated carbocycles. The molecule has 2 aromatic carbocycles. The highest BCUT2D eigenvalue weighted by molar-refractivity contribution is 7.87. The molecule has 4 aromatic rings. The van der Waals surface area contributed by atoms with Crippen LogP contribution in [0.5, 0.6) is 0 Å². The number of nitrogens with one attached hydrogen (secondary N) is 2. The van der Waals surface area contributed by atoms with Crippen molar-refractivity contribution in [1.29, 1.82) is 0 Å². The maximum Gasteiger partial charge on any atom is 0.357 e. The molecule has 0 bridgehead atoms. The maximum atomic E-state index is 13.4. The largest absolute Gasteiger partial charge is 0.468 e. The lowest BCUT2D eigenvalue weighted by molar-refractivity contribution is -0.150. The second-order valence-electron chi connectivity index (χ2n) is 8.47. The number of hydrogen-bond donors (Lipinski definition) is 3. The number of rotatable bonds is 11. The van der Waals surface area contributed by atoms with Gasteiger partial charge in [0.05, 0.1) is 30.7 Å². The quantitative estimate of drug-likeness (QED) is 0.140. The van der Waals surface area contributed by atoms with Gasteiger partial charge in [0.2, 0.25) is 5.91 Å². The lowest BCUT2D eigenvalue weighted by Crippen LogP contribution is -2.40. The Morgan fingerprint density at radius 1 is 1.03 bits per heavy atom. The molecule has 2 aromatic heterocycles. The van der Waals surface area contributed by atoms with Crippen molar-refractivity contribution in [1.82, 2.24) is 20.3 Å². The molecule has 0 fully saturated rings. The second-order valence-corrected chi connectivity index (χ2v) is 10.5. The molecule has 13 heteroatoms. The number of amides is 1. The molecule has 39 heavy (non-hydrogen) atoms. The van der Waals surface area contributed by atoms with E-state index in [9.17, 15) is 18.0 Å². The van der Waals surface area contributed by atoms with E-state index in [-0.39, 0.29) is 18.5 Å². The zero-order valence-corrected chi connectivity index (χ0v) is 22.4. The highest BCUT2D eigenvalue weighted by Gasteiger charge is 2.31. The zero-order valence-electron chi connectivity index (χ0n) is 20.7. The SMILES string of the molecule is COC(=O)[C@@H](Cc1ccccc1)C(=O)N[C@@H](Cc1ccc(NS(=O)(=O)O)cc1)c1csc(-c2cnccn2)n1. The van der Waals surface area contributed by atoms with E-state index in [0.717, 1.165) is 11.1 Å². The van der Waals surface area contributed by atoms with Gasteiger partial charge in [0, 0.05) is 17.8 Å². The first-order valence-electron chi connectivity index (χ1n) is 11.7. The van der Waals surface area contributed by atoms with Crippen molar-refractivity contribution in [3.8, 4) is 10.7 Å². The first kappa shape index (κ1) is 27.8. The van der Waals surface area contributed by atoms with Crippen molar-refractivity contribution < 1.29 is 27.3 Å². The van der Waals surface area contributed by atoms with Crippen LogP contribution in [0.4, 0.5) is 5.69 Å². The van der Waals surface area contributed by atoms with Gasteiger partial charge in [-0.05, 0) is 36.1 Å². The molecule has 0 aliphatic carbocycles. The van der Waals surface area contributed by atoms with Crippen LogP contribution < -0.4 is 10.0 Å². The molecule has 2 heterocycles. The van der Waals surface area contributed by atoms with Crippen LogP contribution in [0, 0.1) is 5.92 Å². The standard InChI is InChI=1S/C26H25N5O6S2/c1-37-26(33)20(13-17-5-3-2-4-6-17)24(32)29-21(14-18-7-9-19(10-8-18)31-39(34,35)36)23-16-38-25(30-23)22-15-27-11-12-28-22/h2-12,15-16,20-21,31H,13-14H2,1H3,(H,29,32)(H,34,35,36)/t20-,21-/m0/s1. The molecule has 2 atom stereocenters. The van der Waals surface area contributed by atoms with Gasteiger partial charge in [0.1, 0.15) is 16.6 Å². The molecular formula is C26H25N5O6S2. The smallest absolute Gasteiger partial charge is 0.357 e. The fraction of sp³-hybridized carbons (Fsp3) is 0.192. The topological polar surface area (TPSA) is 160 Å². The molecule has 11 nitrogen and oxygen atoms in total. The number of carbonyl (C=O) groups excluding carboxylic acids is 2. The molecule has 1 amide bonds. The molecule has 0 spiro atoms. The van der Waals surface area contributed by atoms with Gasteiger partial charge in [-0.2, -0.15) is 8.42 Å². The number of esters is 1. The number of methoxy groups -OCH3 is 1. The molecule has 0 unspecified atom stereocenters. The molecule has 0 radical (unpaired) electrons. The minimum atomic E-state index is -4.41. The Kier molecular flexibility index (Phi) is 8.96. The number of hydrogen-bond acceptors (Lipinski definition) is 9. The minimum absolute atomic E-state index is 0.157. The van der Waals surface area contributed by atoms with E-state index in [4.69, 9.17) is 9.29 Å². The number of aromatic nitrogens is 3. The lowest BCUT2D eigenvalue weighted by atomic mass is 9.97. The van der Waals surface area contributed by atoms with E-state index in [1.54, 1.807) is 36.1 Å². The summed E-state index contributed by atoms with van der Waals surface area (Å²) in [6.45, 7) is 0. The van der Waals surface area contributed by atoms with Crippen LogP contribution in [-0.2, 0) is 37.5 Å². The van der Waals surface area contributed by atoms with Crippen LogP contribution in [0.1, 0.15) is 22.9 Å². The van der Waals surface area contributed by atoms with E-state index in [2.05, 4.69) is 20.3 Å². The number of benzene rings is 2. The molecule has 3 N–H and O–H groups in total. The summed E-state index contributed by atoms with van der Waals surface area (Å²) in [5, 5.41) is 5.36. The summed E-state index contributed by atoms with van der Waals surface area (Å²) < 4.78 is 38.1. The number of thiazole rings is 1. The Morgan fingerprint density at radius 3 is 2.38 bits per heavy atom. The Bertz CT molecular complexity index is 1510. The van der Waals surface area contributed by atoms with Crippen molar-refractivity contribution in [3.63, 3.8) is 0 Å². The summed E-state index contributed by atoms with van der Waals surface area (Å²) in [7, 11) is -3.18. The van der Waals surface area contributed by atoms with Crippen LogP contribution in [0.2, 0.25) is 0 Å². The van der Waals surface area contributed by atoms with E-state index < -0.39 is 34.1 Å². The molecule has 0 aliphatic heterocycles. The van der Waals surface area contributed by atoms with Gasteiger partial charge in [-0.15, -0.1) is 11.3 Å². The Morgan fingerprint density at radius 2 is 1.74 bits per heavy atom. The summed E-state index contributed by atoms with van der Waals surface area (Å²) in [4.78, 5) is 39.0. The third kappa shape index (κ3) is 7.89. The lowest BCUT2D eigenvalue weighted by Gasteiger charge is -2.21.